The van der Waals surface area contributed by atoms with Gasteiger partial charge in [-0.15, -0.1) is 10.2 Å². The normalized spacial score (nSPS) is 10.9. The van der Waals surface area contributed by atoms with Crippen molar-refractivity contribution in [1.29, 1.82) is 0 Å². The first-order valence-corrected chi connectivity index (χ1v) is 10.7. The van der Waals surface area contributed by atoms with Gasteiger partial charge in [-0.1, -0.05) is 41.1 Å². The molecule has 0 aliphatic rings. The van der Waals surface area contributed by atoms with Gasteiger partial charge >= 0.3 is 0 Å². The summed E-state index contributed by atoms with van der Waals surface area (Å²) in [4.78, 5) is 12.4. The smallest absolute Gasteiger partial charge is 0.234 e. The number of nitrogens with zero attached hydrogens (tertiary/aromatic N) is 3. The molecule has 2 heterocycles. The molecule has 2 aromatic carbocycles. The maximum atomic E-state index is 12.4. The molecule has 8 heteroatoms. The highest BCUT2D eigenvalue weighted by Gasteiger charge is 2.17. The molecular weight excluding hydrogens is 420 g/mol. The second kappa shape index (κ2) is 9.19. The summed E-state index contributed by atoms with van der Waals surface area (Å²) in [6, 6.07) is 18.8. The third-order valence-corrected chi connectivity index (χ3v) is 5.60. The van der Waals surface area contributed by atoms with E-state index in [-0.39, 0.29) is 11.7 Å². The Morgan fingerprint density at radius 1 is 1.10 bits per heavy atom. The Morgan fingerprint density at radius 3 is 2.57 bits per heavy atom. The molecule has 0 aliphatic carbocycles. The minimum atomic E-state index is -0.107. The van der Waals surface area contributed by atoms with E-state index in [0.717, 1.165) is 22.6 Å². The molecule has 1 N–H and O–H groups in total. The van der Waals surface area contributed by atoms with E-state index in [9.17, 15) is 4.79 Å². The highest BCUT2D eigenvalue weighted by Crippen LogP contribution is 2.26. The van der Waals surface area contributed by atoms with Gasteiger partial charge in [0, 0.05) is 16.3 Å². The maximum absolute atomic E-state index is 12.4. The first-order chi connectivity index (χ1) is 14.6. The van der Waals surface area contributed by atoms with E-state index in [0.29, 0.717) is 22.5 Å². The van der Waals surface area contributed by atoms with Crippen LogP contribution in [0.2, 0.25) is 5.02 Å². The van der Waals surface area contributed by atoms with Crippen molar-refractivity contribution < 1.29 is 9.21 Å². The monoisotopic (exact) mass is 438 g/mol. The van der Waals surface area contributed by atoms with Crippen molar-refractivity contribution in [3.8, 4) is 11.4 Å². The molecule has 0 bridgehead atoms. The summed E-state index contributed by atoms with van der Waals surface area (Å²) in [5.41, 5.74) is 2.79. The number of anilines is 1. The number of halogens is 1. The van der Waals surface area contributed by atoms with E-state index in [1.165, 1.54) is 11.8 Å². The van der Waals surface area contributed by atoms with Crippen molar-refractivity contribution in [3.05, 3.63) is 83.3 Å². The number of benzene rings is 2. The fourth-order valence-electron chi connectivity index (χ4n) is 2.87. The summed E-state index contributed by atoms with van der Waals surface area (Å²) in [6.07, 6.45) is 1.63. The molecule has 6 nitrogen and oxygen atoms in total. The quantitative estimate of drug-likeness (QED) is 0.397. The lowest BCUT2D eigenvalue weighted by Crippen LogP contribution is -2.14. The van der Waals surface area contributed by atoms with Crippen molar-refractivity contribution in [2.45, 2.75) is 18.6 Å². The fraction of sp³-hybridized carbons (Fsp3) is 0.136. The lowest BCUT2D eigenvalue weighted by molar-refractivity contribution is -0.113. The van der Waals surface area contributed by atoms with Crippen molar-refractivity contribution in [1.82, 2.24) is 14.8 Å². The lowest BCUT2D eigenvalue weighted by Gasteiger charge is -2.09. The van der Waals surface area contributed by atoms with Gasteiger partial charge in [0.15, 0.2) is 11.0 Å². The van der Waals surface area contributed by atoms with Crippen LogP contribution in [0.4, 0.5) is 5.69 Å². The van der Waals surface area contributed by atoms with Gasteiger partial charge in [-0.2, -0.15) is 0 Å². The van der Waals surface area contributed by atoms with Gasteiger partial charge in [0.25, 0.3) is 0 Å². The van der Waals surface area contributed by atoms with Crippen LogP contribution in [0.1, 0.15) is 11.3 Å². The first kappa shape index (κ1) is 20.3. The highest BCUT2D eigenvalue weighted by molar-refractivity contribution is 7.99. The van der Waals surface area contributed by atoms with E-state index >= 15 is 0 Å². The first-order valence-electron chi connectivity index (χ1n) is 9.29. The second-order valence-corrected chi connectivity index (χ2v) is 8.06. The summed E-state index contributed by atoms with van der Waals surface area (Å²) >= 11 is 7.34. The minimum Gasteiger partial charge on any atom is -0.467 e. The Balaban J connectivity index is 1.52. The van der Waals surface area contributed by atoms with Crippen LogP contribution in [-0.4, -0.2) is 26.4 Å². The second-order valence-electron chi connectivity index (χ2n) is 6.68. The molecular formula is C22H19ClN4O2S. The van der Waals surface area contributed by atoms with E-state index < -0.39 is 0 Å². The average Bonchev–Trinajstić information content (AvgIpc) is 3.39. The molecule has 4 aromatic rings. The molecule has 0 aliphatic heterocycles. The number of hydrogen-bond acceptors (Lipinski definition) is 5. The number of aromatic nitrogens is 3. The lowest BCUT2D eigenvalue weighted by atomic mass is 10.2. The van der Waals surface area contributed by atoms with Gasteiger partial charge in [0.05, 0.1) is 18.6 Å². The number of aryl methyl sites for hydroxylation is 1. The largest absolute Gasteiger partial charge is 0.467 e. The molecule has 4 rings (SSSR count). The van der Waals surface area contributed by atoms with Crippen LogP contribution in [0.15, 0.2) is 76.5 Å². The molecule has 0 atom stereocenters. The third-order valence-electron chi connectivity index (χ3n) is 4.38. The summed E-state index contributed by atoms with van der Waals surface area (Å²) in [6.45, 7) is 2.46. The van der Waals surface area contributed by atoms with Crippen molar-refractivity contribution in [3.63, 3.8) is 0 Å². The zero-order valence-corrected chi connectivity index (χ0v) is 17.8. The molecule has 152 valence electrons. The summed E-state index contributed by atoms with van der Waals surface area (Å²) in [5, 5.41) is 12.8. The van der Waals surface area contributed by atoms with Gasteiger partial charge in [0.2, 0.25) is 5.91 Å². The van der Waals surface area contributed by atoms with Gasteiger partial charge in [0.1, 0.15) is 5.76 Å². The summed E-state index contributed by atoms with van der Waals surface area (Å²) in [5.74, 6) is 1.56. The van der Waals surface area contributed by atoms with Gasteiger partial charge in [-0.25, -0.2) is 0 Å². The van der Waals surface area contributed by atoms with Crippen LogP contribution in [0.5, 0.6) is 0 Å². The standard InChI is InChI=1S/C22H19ClN4O2S/c1-15-4-10-18(11-5-15)24-20(28)14-30-22-26-25-21(16-6-8-17(23)9-7-16)27(22)13-19-3-2-12-29-19/h2-12H,13-14H2,1H3,(H,24,28). The van der Waals surface area contributed by atoms with Crippen molar-refractivity contribution >= 4 is 35.0 Å². The number of amides is 1. The Hall–Kier alpha value is -3.03. The number of nitrogens with one attached hydrogen (secondary N) is 1. The van der Waals surface area contributed by atoms with Crippen LogP contribution in [0.3, 0.4) is 0 Å². The van der Waals surface area contributed by atoms with Gasteiger partial charge in [-0.05, 0) is 55.5 Å². The molecule has 1 amide bonds. The van der Waals surface area contributed by atoms with Crippen LogP contribution in [0, 0.1) is 6.92 Å². The van der Waals surface area contributed by atoms with E-state index in [2.05, 4.69) is 15.5 Å². The van der Waals surface area contributed by atoms with Crippen LogP contribution >= 0.6 is 23.4 Å². The number of rotatable bonds is 7. The summed E-state index contributed by atoms with van der Waals surface area (Å²) in [7, 11) is 0. The Morgan fingerprint density at radius 2 is 1.87 bits per heavy atom. The van der Waals surface area contributed by atoms with E-state index in [1.807, 2.05) is 72.2 Å². The van der Waals surface area contributed by atoms with Gasteiger partial charge in [-0.3, -0.25) is 9.36 Å². The zero-order valence-electron chi connectivity index (χ0n) is 16.2. The SMILES string of the molecule is Cc1ccc(NC(=O)CSc2nnc(-c3ccc(Cl)cc3)n2Cc2ccco2)cc1. The maximum Gasteiger partial charge on any atom is 0.234 e. The fourth-order valence-corrected chi connectivity index (χ4v) is 3.74. The Labute approximate surface area is 183 Å². The molecule has 0 fully saturated rings. The number of carbonyl (C=O) groups is 1. The van der Waals surface area contributed by atoms with Crippen molar-refractivity contribution in [2.75, 3.05) is 11.1 Å². The molecule has 0 unspecified atom stereocenters. The van der Waals surface area contributed by atoms with Gasteiger partial charge < -0.3 is 9.73 Å². The number of carbonyl (C=O) groups excluding carboxylic acids is 1. The van der Waals surface area contributed by atoms with E-state index in [1.54, 1.807) is 6.26 Å². The van der Waals surface area contributed by atoms with Crippen molar-refractivity contribution in [2.24, 2.45) is 0 Å². The topological polar surface area (TPSA) is 73.0 Å². The van der Waals surface area contributed by atoms with Crippen LogP contribution < -0.4 is 5.32 Å². The number of furan rings is 1. The number of hydrogen-bond donors (Lipinski definition) is 1. The number of thioether (sulfide) groups is 1. The summed E-state index contributed by atoms with van der Waals surface area (Å²) < 4.78 is 7.44. The predicted molar refractivity (Wildman–Crippen MR) is 119 cm³/mol. The molecule has 0 radical (unpaired) electrons. The Kier molecular flexibility index (Phi) is 6.21. The Bertz CT molecular complexity index is 1120. The van der Waals surface area contributed by atoms with Crippen LogP contribution in [-0.2, 0) is 11.3 Å². The van der Waals surface area contributed by atoms with Crippen LogP contribution in [0.25, 0.3) is 11.4 Å². The highest BCUT2D eigenvalue weighted by atomic mass is 35.5. The third kappa shape index (κ3) is 4.93. The molecule has 0 spiro atoms. The van der Waals surface area contributed by atoms with E-state index in [4.69, 9.17) is 16.0 Å². The predicted octanol–water partition coefficient (Wildman–Crippen LogP) is 5.28. The average molecular weight is 439 g/mol. The minimum absolute atomic E-state index is 0.107. The molecule has 0 saturated carbocycles. The molecule has 30 heavy (non-hydrogen) atoms. The molecule has 2 aromatic heterocycles. The molecule has 0 saturated heterocycles. The zero-order chi connectivity index (χ0) is 20.9.